The van der Waals surface area contributed by atoms with Crippen molar-refractivity contribution < 1.29 is 33.0 Å². The maximum atomic E-state index is 14.7. The molecule has 2 atom stereocenters. The molecule has 13 heteroatoms. The fourth-order valence-corrected chi connectivity index (χ4v) is 5.61. The minimum atomic E-state index is -1.03. The minimum absolute atomic E-state index is 0.0766. The van der Waals surface area contributed by atoms with Gasteiger partial charge in [-0.05, 0) is 67.6 Å². The molecule has 1 aromatic heterocycles. The van der Waals surface area contributed by atoms with Crippen molar-refractivity contribution in [3.8, 4) is 11.1 Å². The summed E-state index contributed by atoms with van der Waals surface area (Å²) in [6.45, 7) is 11.9. The van der Waals surface area contributed by atoms with Crippen molar-refractivity contribution >= 4 is 42.2 Å². The van der Waals surface area contributed by atoms with Gasteiger partial charge in [0.1, 0.15) is 24.0 Å². The van der Waals surface area contributed by atoms with E-state index in [2.05, 4.69) is 62.1 Å². The Morgan fingerprint density at radius 3 is 2.24 bits per heavy atom. The van der Waals surface area contributed by atoms with Crippen molar-refractivity contribution in [1.29, 1.82) is 0 Å². The number of halogens is 2. The SMILES string of the molecule is CCCOCCCN(C)C(c1cc(-c2cc(F)ccc2F)cn1Cc1ccccc1)C(C)(C)C.CSC.NC(CSCC=O)C(=O)O.NC=O. The zero-order valence-corrected chi connectivity index (χ0v) is 32.1. The van der Waals surface area contributed by atoms with Crippen LogP contribution in [0.3, 0.4) is 0 Å². The van der Waals surface area contributed by atoms with E-state index in [-0.39, 0.29) is 29.2 Å². The molecule has 0 aliphatic rings. The van der Waals surface area contributed by atoms with E-state index in [1.165, 1.54) is 23.9 Å². The predicted molar refractivity (Wildman–Crippen MR) is 205 cm³/mol. The molecule has 1 amide bonds. The van der Waals surface area contributed by atoms with Gasteiger partial charge in [0, 0.05) is 60.8 Å². The number of ether oxygens (including phenoxy) is 1. The number of carboxylic acid groups (broad SMARTS) is 1. The second-order valence-electron chi connectivity index (χ2n) is 12.3. The summed E-state index contributed by atoms with van der Waals surface area (Å²) >= 11 is 2.97. The highest BCUT2D eigenvalue weighted by Crippen LogP contribution is 2.40. The number of carbonyl (C=O) groups excluding carboxylic acids is 2. The average molecular weight is 739 g/mol. The molecule has 5 N–H and O–H groups in total. The Morgan fingerprint density at radius 1 is 1.08 bits per heavy atom. The molecule has 0 spiro atoms. The zero-order chi connectivity index (χ0) is 38.1. The van der Waals surface area contributed by atoms with Gasteiger partial charge in [0.05, 0.1) is 6.04 Å². The molecule has 2 unspecified atom stereocenters. The lowest BCUT2D eigenvalue weighted by atomic mass is 9.83. The van der Waals surface area contributed by atoms with Crippen LogP contribution in [0.5, 0.6) is 0 Å². The number of nitrogens with two attached hydrogens (primary N) is 2. The molecule has 0 saturated carbocycles. The molecule has 0 fully saturated rings. The molecule has 1 heterocycles. The number of rotatable bonds is 16. The van der Waals surface area contributed by atoms with Crippen LogP contribution in [-0.4, -0.2) is 90.1 Å². The highest BCUT2D eigenvalue weighted by molar-refractivity contribution is 7.99. The van der Waals surface area contributed by atoms with Gasteiger partial charge in [0.2, 0.25) is 6.41 Å². The summed E-state index contributed by atoms with van der Waals surface area (Å²) in [5, 5.41) is 8.25. The molecule has 0 radical (unpaired) electrons. The van der Waals surface area contributed by atoms with Gasteiger partial charge in [-0.15, -0.1) is 0 Å². The standard InChI is InChI=1S/C29H38F2N2O.C5H9NO3S.C2H6S.CH3NO/c1-6-16-34-17-10-15-32(5)28(29(2,3)4)27-18-23(25-19-24(30)13-14-26(25)31)21-33(27)20-22-11-8-7-9-12-22;6-4(5(8)9)3-10-2-1-7;1-3-2;2-1-3/h7-9,11-14,18-19,21,28H,6,10,15-17,20H2,1-5H3;1,4H,2-3,6H2,(H,8,9);1-2H3;1H,(H2,2,3). The summed E-state index contributed by atoms with van der Waals surface area (Å²) < 4.78 is 36.6. The third kappa shape index (κ3) is 18.7. The number of aromatic nitrogens is 1. The Balaban J connectivity index is 0.00000125. The van der Waals surface area contributed by atoms with E-state index in [1.807, 2.05) is 43.0 Å². The molecule has 0 aliphatic carbocycles. The molecule has 50 heavy (non-hydrogen) atoms. The van der Waals surface area contributed by atoms with Crippen LogP contribution in [0.1, 0.15) is 57.8 Å². The average Bonchev–Trinajstić information content (AvgIpc) is 3.45. The Labute approximate surface area is 305 Å². The topological polar surface area (TPSA) is 141 Å². The van der Waals surface area contributed by atoms with Gasteiger partial charge in [0.15, 0.2) is 0 Å². The molecule has 9 nitrogen and oxygen atoms in total. The van der Waals surface area contributed by atoms with Gasteiger partial charge in [-0.2, -0.15) is 23.5 Å². The highest BCUT2D eigenvalue weighted by Gasteiger charge is 2.33. The molecule has 280 valence electrons. The fourth-order valence-electron chi connectivity index (χ4n) is 4.98. The maximum Gasteiger partial charge on any atom is 0.321 e. The number of carbonyl (C=O) groups is 3. The molecule has 3 aromatic rings. The smallest absolute Gasteiger partial charge is 0.321 e. The normalized spacial score (nSPS) is 11.9. The molecule has 0 bridgehead atoms. The van der Waals surface area contributed by atoms with Crippen LogP contribution >= 0.6 is 23.5 Å². The van der Waals surface area contributed by atoms with Crippen molar-refractivity contribution in [2.45, 2.75) is 59.2 Å². The third-order valence-corrected chi connectivity index (χ3v) is 7.82. The van der Waals surface area contributed by atoms with Crippen LogP contribution in [0.4, 0.5) is 8.78 Å². The van der Waals surface area contributed by atoms with Crippen LogP contribution in [0.2, 0.25) is 0 Å². The van der Waals surface area contributed by atoms with Gasteiger partial charge in [-0.25, -0.2) is 8.78 Å². The Hall–Kier alpha value is -3.23. The van der Waals surface area contributed by atoms with Gasteiger partial charge >= 0.3 is 5.97 Å². The molecule has 2 aromatic carbocycles. The lowest BCUT2D eigenvalue weighted by molar-refractivity contribution is -0.137. The summed E-state index contributed by atoms with van der Waals surface area (Å²) in [6.07, 6.45) is 8.97. The third-order valence-electron chi connectivity index (χ3n) is 6.85. The van der Waals surface area contributed by atoms with Crippen LogP contribution in [0.15, 0.2) is 60.8 Å². The minimum Gasteiger partial charge on any atom is -0.480 e. The van der Waals surface area contributed by atoms with Gasteiger partial charge in [-0.1, -0.05) is 58.0 Å². The van der Waals surface area contributed by atoms with E-state index in [4.69, 9.17) is 20.4 Å². The number of nitrogens with zero attached hydrogens (tertiary/aromatic N) is 2. The van der Waals surface area contributed by atoms with Crippen molar-refractivity contribution in [3.05, 3.63) is 83.7 Å². The number of hydrogen-bond acceptors (Lipinski definition) is 8. The van der Waals surface area contributed by atoms with Gasteiger partial charge in [0.25, 0.3) is 0 Å². The zero-order valence-electron chi connectivity index (χ0n) is 30.4. The number of benzene rings is 2. The van der Waals surface area contributed by atoms with E-state index >= 15 is 0 Å². The van der Waals surface area contributed by atoms with E-state index in [0.717, 1.165) is 56.2 Å². The second kappa shape index (κ2) is 26.6. The Bertz CT molecular complexity index is 1370. The molecular weight excluding hydrogens is 683 g/mol. The summed E-state index contributed by atoms with van der Waals surface area (Å²) in [6, 6.07) is 15.1. The highest BCUT2D eigenvalue weighted by atomic mass is 32.2. The van der Waals surface area contributed by atoms with Gasteiger partial charge < -0.3 is 30.7 Å². The summed E-state index contributed by atoms with van der Waals surface area (Å²) in [7, 11) is 2.14. The first kappa shape index (κ1) is 46.8. The number of carboxylic acids is 1. The lowest BCUT2D eigenvalue weighted by Gasteiger charge is -2.39. The van der Waals surface area contributed by atoms with Crippen molar-refractivity contribution in [2.75, 3.05) is 50.8 Å². The number of hydrogen-bond donors (Lipinski definition) is 3. The first-order valence-corrected chi connectivity index (χ1v) is 19.0. The van der Waals surface area contributed by atoms with Crippen LogP contribution in [0, 0.1) is 17.0 Å². The van der Waals surface area contributed by atoms with E-state index < -0.39 is 23.6 Å². The number of aldehydes is 1. The first-order chi connectivity index (χ1) is 23.7. The van der Waals surface area contributed by atoms with Crippen molar-refractivity contribution in [2.24, 2.45) is 16.9 Å². The van der Waals surface area contributed by atoms with E-state index in [0.29, 0.717) is 17.9 Å². The Morgan fingerprint density at radius 2 is 1.70 bits per heavy atom. The number of amides is 1. The molecule has 3 rings (SSSR count). The first-order valence-electron chi connectivity index (χ1n) is 16.2. The summed E-state index contributed by atoms with van der Waals surface area (Å²) in [4.78, 5) is 30.8. The number of thioether (sulfide) groups is 2. The molecule has 0 saturated heterocycles. The van der Waals surface area contributed by atoms with E-state index in [1.54, 1.807) is 11.8 Å². The Kier molecular flexibility index (Phi) is 24.8. The lowest BCUT2D eigenvalue weighted by Crippen LogP contribution is -2.36. The van der Waals surface area contributed by atoms with Crippen molar-refractivity contribution in [1.82, 2.24) is 9.47 Å². The largest absolute Gasteiger partial charge is 0.480 e. The molecule has 0 aliphatic heterocycles. The van der Waals surface area contributed by atoms with Crippen LogP contribution in [0.25, 0.3) is 11.1 Å². The quantitative estimate of drug-likeness (QED) is 0.108. The second-order valence-corrected chi connectivity index (χ2v) is 14.2. The number of primary amides is 1. The van der Waals surface area contributed by atoms with E-state index in [9.17, 15) is 18.4 Å². The summed E-state index contributed by atoms with van der Waals surface area (Å²) in [5.74, 6) is -1.29. The monoisotopic (exact) mass is 738 g/mol. The summed E-state index contributed by atoms with van der Waals surface area (Å²) in [5.41, 5.74) is 12.4. The van der Waals surface area contributed by atoms with Crippen LogP contribution < -0.4 is 11.5 Å². The number of aliphatic carboxylic acids is 1. The van der Waals surface area contributed by atoms with Crippen LogP contribution in [-0.2, 0) is 25.7 Å². The van der Waals surface area contributed by atoms with Crippen molar-refractivity contribution in [3.63, 3.8) is 0 Å². The molecular formula is C37H56F2N4O5S2. The fraction of sp³-hybridized carbons (Fsp3) is 0.486. The maximum absolute atomic E-state index is 14.7. The predicted octanol–water partition coefficient (Wildman–Crippen LogP) is 6.73. The van der Waals surface area contributed by atoms with Gasteiger partial charge in [-0.3, -0.25) is 14.5 Å².